The maximum absolute atomic E-state index is 11.4. The van der Waals surface area contributed by atoms with Crippen LogP contribution < -0.4 is 0 Å². The molecule has 2 aromatic heterocycles. The summed E-state index contributed by atoms with van der Waals surface area (Å²) in [6.07, 6.45) is 3.33. The van der Waals surface area contributed by atoms with Gasteiger partial charge in [-0.05, 0) is 6.42 Å². The molecule has 2 rings (SSSR count). The van der Waals surface area contributed by atoms with Gasteiger partial charge in [0.1, 0.15) is 12.7 Å². The number of rotatable bonds is 9. The second kappa shape index (κ2) is 8.84. The van der Waals surface area contributed by atoms with Crippen LogP contribution in [0.5, 0.6) is 0 Å². The van der Waals surface area contributed by atoms with Gasteiger partial charge in [-0.2, -0.15) is 0 Å². The normalized spacial score (nSPS) is 10.9. The minimum atomic E-state index is -0.625. The largest absolute Gasteiger partial charge is 0.463 e. The minimum absolute atomic E-state index is 0.0199. The molecular weight excluding hydrogens is 334 g/mol. The number of ether oxygens (including phenoxy) is 2. The van der Waals surface area contributed by atoms with E-state index in [1.54, 1.807) is 0 Å². The number of methoxy groups -OCH3 is 2. The van der Waals surface area contributed by atoms with E-state index in [4.69, 9.17) is 5.11 Å². The maximum atomic E-state index is 11.4. The molecule has 0 aliphatic heterocycles. The van der Waals surface area contributed by atoms with Gasteiger partial charge in [-0.3, -0.25) is 4.90 Å². The van der Waals surface area contributed by atoms with Crippen LogP contribution in [0.3, 0.4) is 0 Å². The Bertz CT molecular complexity index is 657. The van der Waals surface area contributed by atoms with Crippen molar-refractivity contribution in [3.05, 3.63) is 24.3 Å². The predicted molar refractivity (Wildman–Crippen MR) is 81.1 cm³/mol. The standard InChI is InChI=1S/C13H19N7O5/c1-24-12(22)10-14-6-19(16-10)8-18(4-3-5-21)9-20-7-15-11(17-20)13(23)25-2/h6-7,21H,3-5,8-9H2,1-2H3. The Morgan fingerprint density at radius 1 is 1.04 bits per heavy atom. The number of nitrogens with zero attached hydrogens (tertiary/aromatic N) is 7. The highest BCUT2D eigenvalue weighted by molar-refractivity contribution is 5.85. The lowest BCUT2D eigenvalue weighted by Gasteiger charge is -2.21. The highest BCUT2D eigenvalue weighted by Crippen LogP contribution is 2.01. The Kier molecular flexibility index (Phi) is 6.54. The molecule has 1 N–H and O–H groups in total. The number of hydrogen-bond donors (Lipinski definition) is 1. The van der Waals surface area contributed by atoms with Crippen LogP contribution in [0.15, 0.2) is 12.7 Å². The first kappa shape index (κ1) is 18.5. The van der Waals surface area contributed by atoms with Crippen LogP contribution in [0, 0.1) is 0 Å². The Morgan fingerprint density at radius 3 is 1.92 bits per heavy atom. The smallest absolute Gasteiger partial charge is 0.377 e. The van der Waals surface area contributed by atoms with Crippen molar-refractivity contribution in [3.63, 3.8) is 0 Å². The van der Waals surface area contributed by atoms with E-state index >= 15 is 0 Å². The minimum Gasteiger partial charge on any atom is -0.463 e. The monoisotopic (exact) mass is 353 g/mol. The zero-order chi connectivity index (χ0) is 18.2. The summed E-state index contributed by atoms with van der Waals surface area (Å²) in [5.74, 6) is -1.34. The molecule has 0 saturated heterocycles. The number of aliphatic hydroxyl groups excluding tert-OH is 1. The molecule has 12 heteroatoms. The first-order valence-electron chi connectivity index (χ1n) is 7.36. The molecular formula is C13H19N7O5. The van der Waals surface area contributed by atoms with E-state index < -0.39 is 11.9 Å². The molecule has 0 radical (unpaired) electrons. The van der Waals surface area contributed by atoms with Gasteiger partial charge >= 0.3 is 11.9 Å². The Labute approximate surface area is 143 Å². The van der Waals surface area contributed by atoms with Crippen LogP contribution in [0.4, 0.5) is 0 Å². The third-order valence-corrected chi connectivity index (χ3v) is 3.13. The molecule has 136 valence electrons. The fourth-order valence-corrected chi connectivity index (χ4v) is 1.99. The van der Waals surface area contributed by atoms with Gasteiger partial charge in [0.2, 0.25) is 0 Å². The van der Waals surface area contributed by atoms with Crippen LogP contribution in [-0.4, -0.2) is 78.8 Å². The molecule has 0 amide bonds. The quantitative estimate of drug-likeness (QED) is 0.544. The van der Waals surface area contributed by atoms with Gasteiger partial charge < -0.3 is 14.6 Å². The van der Waals surface area contributed by atoms with Gasteiger partial charge in [0, 0.05) is 13.2 Å². The fourth-order valence-electron chi connectivity index (χ4n) is 1.99. The van der Waals surface area contributed by atoms with Crippen LogP contribution in [-0.2, 0) is 22.8 Å². The summed E-state index contributed by atoms with van der Waals surface area (Å²) in [5.41, 5.74) is 0. The third-order valence-electron chi connectivity index (χ3n) is 3.13. The second-order valence-electron chi connectivity index (χ2n) is 4.95. The van der Waals surface area contributed by atoms with E-state index in [1.807, 2.05) is 4.90 Å². The van der Waals surface area contributed by atoms with Gasteiger partial charge in [0.15, 0.2) is 0 Å². The Balaban J connectivity index is 2.05. The lowest BCUT2D eigenvalue weighted by molar-refractivity contribution is 0.0578. The van der Waals surface area contributed by atoms with Gasteiger partial charge in [-0.15, -0.1) is 10.2 Å². The van der Waals surface area contributed by atoms with Gasteiger partial charge in [-0.1, -0.05) is 0 Å². The van der Waals surface area contributed by atoms with Crippen molar-refractivity contribution >= 4 is 11.9 Å². The van der Waals surface area contributed by atoms with Gasteiger partial charge in [0.05, 0.1) is 27.6 Å². The molecule has 0 fully saturated rings. The molecule has 0 atom stereocenters. The van der Waals surface area contributed by atoms with Crippen LogP contribution in [0.2, 0.25) is 0 Å². The Morgan fingerprint density at radius 2 is 1.52 bits per heavy atom. The fraction of sp³-hybridized carbons (Fsp3) is 0.538. The molecule has 0 aromatic carbocycles. The van der Waals surface area contributed by atoms with Crippen molar-refractivity contribution in [3.8, 4) is 0 Å². The summed E-state index contributed by atoms with van der Waals surface area (Å²) in [5, 5.41) is 17.1. The van der Waals surface area contributed by atoms with Crippen molar-refractivity contribution in [2.45, 2.75) is 19.8 Å². The first-order valence-corrected chi connectivity index (χ1v) is 7.36. The summed E-state index contributed by atoms with van der Waals surface area (Å²) >= 11 is 0. The number of esters is 2. The highest BCUT2D eigenvalue weighted by atomic mass is 16.5. The van der Waals surface area contributed by atoms with E-state index in [-0.39, 0.29) is 31.6 Å². The second-order valence-corrected chi connectivity index (χ2v) is 4.95. The summed E-state index contributed by atoms with van der Waals surface area (Å²) in [4.78, 5) is 32.4. The number of carbonyl (C=O) groups excluding carboxylic acids is 2. The summed E-state index contributed by atoms with van der Waals surface area (Å²) < 4.78 is 12.0. The SMILES string of the molecule is COC(=O)c1ncn(CN(CCCO)Cn2cnc(C(=O)OC)n2)n1. The predicted octanol–water partition coefficient (Wildman–Crippen LogP) is -1.26. The van der Waals surface area contributed by atoms with E-state index in [2.05, 4.69) is 29.6 Å². The third kappa shape index (κ3) is 5.06. The average Bonchev–Trinajstić information content (AvgIpc) is 3.28. The van der Waals surface area contributed by atoms with Crippen LogP contribution in [0.25, 0.3) is 0 Å². The zero-order valence-corrected chi connectivity index (χ0v) is 13.9. The summed E-state index contributed by atoms with van der Waals surface area (Å²) in [6.45, 7) is 1.12. The highest BCUT2D eigenvalue weighted by Gasteiger charge is 2.15. The molecule has 0 aliphatic carbocycles. The molecule has 0 spiro atoms. The molecule has 25 heavy (non-hydrogen) atoms. The van der Waals surface area contributed by atoms with Crippen molar-refractivity contribution in [2.75, 3.05) is 27.4 Å². The zero-order valence-electron chi connectivity index (χ0n) is 13.9. The number of aliphatic hydroxyl groups is 1. The van der Waals surface area contributed by atoms with Crippen molar-refractivity contribution < 1.29 is 24.2 Å². The van der Waals surface area contributed by atoms with E-state index in [9.17, 15) is 9.59 Å². The van der Waals surface area contributed by atoms with Gasteiger partial charge in [-0.25, -0.2) is 28.9 Å². The molecule has 0 saturated carbocycles. The van der Waals surface area contributed by atoms with E-state index in [1.165, 1.54) is 36.2 Å². The molecule has 0 bridgehead atoms. The van der Waals surface area contributed by atoms with E-state index in [0.29, 0.717) is 13.0 Å². The molecule has 0 aliphatic rings. The first-order chi connectivity index (χ1) is 12.1. The van der Waals surface area contributed by atoms with Crippen molar-refractivity contribution in [1.82, 2.24) is 34.4 Å². The lowest BCUT2D eigenvalue weighted by Crippen LogP contribution is -2.31. The topological polar surface area (TPSA) is 137 Å². The number of hydrogen-bond acceptors (Lipinski definition) is 10. The number of aromatic nitrogens is 6. The molecule has 12 nitrogen and oxygen atoms in total. The van der Waals surface area contributed by atoms with E-state index in [0.717, 1.165) is 0 Å². The molecule has 2 heterocycles. The van der Waals surface area contributed by atoms with Gasteiger partial charge in [0.25, 0.3) is 11.6 Å². The average molecular weight is 353 g/mol. The Hall–Kier alpha value is -2.86. The van der Waals surface area contributed by atoms with Crippen LogP contribution >= 0.6 is 0 Å². The number of carbonyl (C=O) groups is 2. The lowest BCUT2D eigenvalue weighted by atomic mass is 10.4. The van der Waals surface area contributed by atoms with Crippen molar-refractivity contribution in [2.24, 2.45) is 0 Å². The molecule has 0 unspecified atom stereocenters. The summed E-state index contributed by atoms with van der Waals surface area (Å²) in [7, 11) is 2.50. The molecule has 2 aromatic rings. The summed E-state index contributed by atoms with van der Waals surface area (Å²) in [6, 6.07) is 0. The van der Waals surface area contributed by atoms with Crippen LogP contribution in [0.1, 0.15) is 27.7 Å². The maximum Gasteiger partial charge on any atom is 0.377 e. The van der Waals surface area contributed by atoms with Crippen molar-refractivity contribution in [1.29, 1.82) is 0 Å².